The zero-order valence-electron chi connectivity index (χ0n) is 16.1. The lowest BCUT2D eigenvalue weighted by atomic mass is 10.1. The third kappa shape index (κ3) is 3.99. The number of nitrogens with zero attached hydrogens (tertiary/aromatic N) is 3. The first-order valence-electron chi connectivity index (χ1n) is 9.32. The molecule has 7 nitrogen and oxygen atoms in total. The maximum atomic E-state index is 13.1. The van der Waals surface area contributed by atoms with Gasteiger partial charge in [0.15, 0.2) is 5.11 Å². The SMILES string of the molecule is CCn1cc(C=C2C(=O)NC(=S)N(c3ccc(Oc4ccccc4)cc3)C2=O)cn1. The predicted octanol–water partition coefficient (Wildman–Crippen LogP) is 3.53. The summed E-state index contributed by atoms with van der Waals surface area (Å²) in [5.41, 5.74) is 1.18. The fraction of sp³-hybridized carbons (Fsp3) is 0.0909. The largest absolute Gasteiger partial charge is 0.457 e. The van der Waals surface area contributed by atoms with Gasteiger partial charge in [-0.05, 0) is 61.6 Å². The number of carbonyl (C=O) groups is 2. The fourth-order valence-electron chi connectivity index (χ4n) is 2.97. The van der Waals surface area contributed by atoms with Gasteiger partial charge in [-0.15, -0.1) is 0 Å². The zero-order valence-corrected chi connectivity index (χ0v) is 16.9. The Morgan fingerprint density at radius 2 is 1.77 bits per heavy atom. The molecule has 30 heavy (non-hydrogen) atoms. The van der Waals surface area contributed by atoms with E-state index in [9.17, 15) is 9.59 Å². The second-order valence-electron chi connectivity index (χ2n) is 6.50. The standard InChI is InChI=1S/C22H18N4O3S/c1-2-25-14-15(13-23-25)12-19-20(27)24-22(30)26(21(19)28)16-8-10-18(11-9-16)29-17-6-4-3-5-7-17/h3-14H,2H2,1H3,(H,24,27,30). The van der Waals surface area contributed by atoms with Crippen molar-refractivity contribution in [1.82, 2.24) is 15.1 Å². The molecule has 1 aliphatic rings. The molecule has 1 aromatic heterocycles. The van der Waals surface area contributed by atoms with Gasteiger partial charge in [-0.2, -0.15) is 5.10 Å². The third-order valence-electron chi connectivity index (χ3n) is 4.46. The van der Waals surface area contributed by atoms with Gasteiger partial charge < -0.3 is 4.74 Å². The third-order valence-corrected chi connectivity index (χ3v) is 4.75. The lowest BCUT2D eigenvalue weighted by Gasteiger charge is -2.28. The topological polar surface area (TPSA) is 76.5 Å². The molecule has 1 N–H and O–H groups in total. The molecule has 0 atom stereocenters. The van der Waals surface area contributed by atoms with Crippen LogP contribution in [0.4, 0.5) is 5.69 Å². The summed E-state index contributed by atoms with van der Waals surface area (Å²) in [5, 5.41) is 6.77. The van der Waals surface area contributed by atoms with Crippen LogP contribution in [0.3, 0.4) is 0 Å². The highest BCUT2D eigenvalue weighted by Gasteiger charge is 2.34. The number of para-hydroxylation sites is 1. The van der Waals surface area contributed by atoms with E-state index < -0.39 is 11.8 Å². The van der Waals surface area contributed by atoms with Gasteiger partial charge >= 0.3 is 0 Å². The van der Waals surface area contributed by atoms with Gasteiger partial charge in [0, 0.05) is 18.3 Å². The first-order valence-corrected chi connectivity index (χ1v) is 9.73. The van der Waals surface area contributed by atoms with Crippen molar-refractivity contribution in [1.29, 1.82) is 0 Å². The van der Waals surface area contributed by atoms with E-state index >= 15 is 0 Å². The summed E-state index contributed by atoms with van der Waals surface area (Å²) in [4.78, 5) is 26.7. The summed E-state index contributed by atoms with van der Waals surface area (Å²) in [5.74, 6) is 0.297. The fourth-order valence-corrected chi connectivity index (χ4v) is 3.25. The lowest BCUT2D eigenvalue weighted by molar-refractivity contribution is -0.122. The van der Waals surface area contributed by atoms with E-state index in [1.165, 1.54) is 11.0 Å². The molecule has 3 aromatic rings. The smallest absolute Gasteiger partial charge is 0.270 e. The Hall–Kier alpha value is -3.78. The Bertz CT molecular complexity index is 1140. The van der Waals surface area contributed by atoms with Crippen LogP contribution in [0.1, 0.15) is 12.5 Å². The molecular formula is C22H18N4O3S. The van der Waals surface area contributed by atoms with Gasteiger partial charge in [-0.1, -0.05) is 18.2 Å². The van der Waals surface area contributed by atoms with Crippen LogP contribution in [0.15, 0.2) is 72.6 Å². The molecule has 1 saturated heterocycles. The molecule has 0 unspecified atom stereocenters. The number of amides is 2. The average Bonchev–Trinajstić information content (AvgIpc) is 3.21. The Labute approximate surface area is 178 Å². The second-order valence-corrected chi connectivity index (χ2v) is 6.88. The average molecular weight is 418 g/mol. The molecule has 0 spiro atoms. The Morgan fingerprint density at radius 1 is 1.07 bits per heavy atom. The minimum absolute atomic E-state index is 0.0103. The molecule has 2 amide bonds. The van der Waals surface area contributed by atoms with Crippen molar-refractivity contribution in [2.75, 3.05) is 4.90 Å². The molecule has 1 aliphatic heterocycles. The van der Waals surface area contributed by atoms with Gasteiger partial charge in [-0.3, -0.25) is 24.5 Å². The Kier molecular flexibility index (Phi) is 5.40. The minimum Gasteiger partial charge on any atom is -0.457 e. The van der Waals surface area contributed by atoms with Crippen LogP contribution in [-0.2, 0) is 16.1 Å². The van der Waals surface area contributed by atoms with Crippen molar-refractivity contribution in [3.8, 4) is 11.5 Å². The van der Waals surface area contributed by atoms with Crippen LogP contribution in [-0.4, -0.2) is 26.7 Å². The van der Waals surface area contributed by atoms with Gasteiger partial charge in [0.25, 0.3) is 11.8 Å². The van der Waals surface area contributed by atoms with Gasteiger partial charge in [0.05, 0.1) is 11.9 Å². The highest BCUT2D eigenvalue weighted by molar-refractivity contribution is 7.80. The maximum absolute atomic E-state index is 13.1. The predicted molar refractivity (Wildman–Crippen MR) is 117 cm³/mol. The van der Waals surface area contributed by atoms with Crippen LogP contribution in [0, 0.1) is 0 Å². The molecular weight excluding hydrogens is 400 g/mol. The van der Waals surface area contributed by atoms with Crippen molar-refractivity contribution in [3.05, 3.63) is 78.1 Å². The maximum Gasteiger partial charge on any atom is 0.270 e. The summed E-state index contributed by atoms with van der Waals surface area (Å²) in [6, 6.07) is 16.3. The highest BCUT2D eigenvalue weighted by Crippen LogP contribution is 2.27. The monoisotopic (exact) mass is 418 g/mol. The first-order chi connectivity index (χ1) is 14.5. The van der Waals surface area contributed by atoms with Crippen LogP contribution in [0.25, 0.3) is 6.08 Å². The number of hydrogen-bond acceptors (Lipinski definition) is 5. The molecule has 0 radical (unpaired) electrons. The molecule has 2 aromatic carbocycles. The summed E-state index contributed by atoms with van der Waals surface area (Å²) in [7, 11) is 0. The van der Waals surface area contributed by atoms with E-state index in [2.05, 4.69) is 10.4 Å². The Balaban J connectivity index is 1.58. The van der Waals surface area contributed by atoms with E-state index in [4.69, 9.17) is 17.0 Å². The first kappa shape index (κ1) is 19.5. The number of hydrogen-bond donors (Lipinski definition) is 1. The normalized spacial score (nSPS) is 15.4. The van der Waals surface area contributed by atoms with Gasteiger partial charge in [0.2, 0.25) is 0 Å². The zero-order chi connectivity index (χ0) is 21.1. The number of anilines is 1. The van der Waals surface area contributed by atoms with Crippen LogP contribution in [0.2, 0.25) is 0 Å². The van der Waals surface area contributed by atoms with Gasteiger partial charge in [0.1, 0.15) is 17.1 Å². The number of aromatic nitrogens is 2. The molecule has 8 heteroatoms. The molecule has 0 bridgehead atoms. The molecule has 0 aliphatic carbocycles. The van der Waals surface area contributed by atoms with E-state index in [0.717, 1.165) is 0 Å². The lowest BCUT2D eigenvalue weighted by Crippen LogP contribution is -2.54. The second kappa shape index (κ2) is 8.30. The van der Waals surface area contributed by atoms with Crippen LogP contribution < -0.4 is 15.0 Å². The number of carbonyl (C=O) groups excluding carboxylic acids is 2. The van der Waals surface area contributed by atoms with Crippen LogP contribution >= 0.6 is 12.2 Å². The number of rotatable bonds is 5. The number of benzene rings is 2. The summed E-state index contributed by atoms with van der Waals surface area (Å²) < 4.78 is 7.49. The van der Waals surface area contributed by atoms with E-state index in [1.807, 2.05) is 37.3 Å². The van der Waals surface area contributed by atoms with Crippen molar-refractivity contribution in [2.45, 2.75) is 13.5 Å². The summed E-state index contributed by atoms with van der Waals surface area (Å²) in [6.07, 6.45) is 4.88. The minimum atomic E-state index is -0.533. The van der Waals surface area contributed by atoms with Crippen LogP contribution in [0.5, 0.6) is 11.5 Å². The number of thiocarbonyl (C=S) groups is 1. The van der Waals surface area contributed by atoms with E-state index in [1.54, 1.807) is 41.3 Å². The summed E-state index contributed by atoms with van der Waals surface area (Å²) in [6.45, 7) is 2.64. The number of nitrogens with one attached hydrogen (secondary N) is 1. The molecule has 1 fully saturated rings. The van der Waals surface area contributed by atoms with E-state index in [-0.39, 0.29) is 10.7 Å². The number of aryl methyl sites for hydroxylation is 1. The summed E-state index contributed by atoms with van der Waals surface area (Å²) >= 11 is 5.24. The molecule has 2 heterocycles. The van der Waals surface area contributed by atoms with Gasteiger partial charge in [-0.25, -0.2) is 0 Å². The van der Waals surface area contributed by atoms with Crippen molar-refractivity contribution >= 4 is 40.9 Å². The molecule has 4 rings (SSSR count). The van der Waals surface area contributed by atoms with Crippen molar-refractivity contribution in [3.63, 3.8) is 0 Å². The van der Waals surface area contributed by atoms with E-state index in [0.29, 0.717) is 29.3 Å². The quantitative estimate of drug-likeness (QED) is 0.390. The van der Waals surface area contributed by atoms with Crippen molar-refractivity contribution < 1.29 is 14.3 Å². The molecule has 0 saturated carbocycles. The highest BCUT2D eigenvalue weighted by atomic mass is 32.1. The number of ether oxygens (including phenoxy) is 1. The Morgan fingerprint density at radius 3 is 2.43 bits per heavy atom. The molecule has 150 valence electrons. The van der Waals surface area contributed by atoms with Crippen molar-refractivity contribution in [2.24, 2.45) is 0 Å².